The zero-order valence-corrected chi connectivity index (χ0v) is 11.6. The quantitative estimate of drug-likeness (QED) is 0.839. The zero-order valence-electron chi connectivity index (χ0n) is 11.6. The van der Waals surface area contributed by atoms with Crippen LogP contribution in [0.1, 0.15) is 24.5 Å². The third-order valence-corrected chi connectivity index (χ3v) is 3.60. The lowest BCUT2D eigenvalue weighted by molar-refractivity contribution is -0.124. The number of hydrogen-bond acceptors (Lipinski definition) is 3. The van der Waals surface area contributed by atoms with Gasteiger partial charge in [-0.1, -0.05) is 31.2 Å². The summed E-state index contributed by atoms with van der Waals surface area (Å²) in [6, 6.07) is 8.22. The molecule has 19 heavy (non-hydrogen) atoms. The van der Waals surface area contributed by atoms with E-state index in [1.165, 1.54) is 11.1 Å². The van der Waals surface area contributed by atoms with E-state index in [0.717, 1.165) is 19.4 Å². The van der Waals surface area contributed by atoms with E-state index in [0.29, 0.717) is 6.61 Å². The van der Waals surface area contributed by atoms with Gasteiger partial charge in [0.15, 0.2) is 0 Å². The third-order valence-electron chi connectivity index (χ3n) is 3.60. The van der Waals surface area contributed by atoms with Gasteiger partial charge in [0.2, 0.25) is 5.91 Å². The summed E-state index contributed by atoms with van der Waals surface area (Å²) in [5, 5.41) is 6.34. The van der Waals surface area contributed by atoms with Crippen molar-refractivity contribution in [1.29, 1.82) is 0 Å². The number of hydrogen-bond donors (Lipinski definition) is 2. The van der Waals surface area contributed by atoms with Crippen LogP contribution in [0, 0.1) is 0 Å². The predicted octanol–water partition coefficient (Wildman–Crippen LogP) is 1.24. The average molecular weight is 262 g/mol. The fourth-order valence-corrected chi connectivity index (χ4v) is 2.40. The Morgan fingerprint density at radius 2 is 2.21 bits per heavy atom. The molecular formula is C15H22N2O2. The van der Waals surface area contributed by atoms with Crippen molar-refractivity contribution in [3.05, 3.63) is 35.4 Å². The second-order valence-corrected chi connectivity index (χ2v) is 4.98. The minimum absolute atomic E-state index is 0.0680. The second-order valence-electron chi connectivity index (χ2n) is 4.98. The van der Waals surface area contributed by atoms with E-state index in [2.05, 4.69) is 22.8 Å². The van der Waals surface area contributed by atoms with Crippen molar-refractivity contribution in [2.45, 2.75) is 38.4 Å². The molecule has 1 unspecified atom stereocenters. The molecule has 1 aliphatic heterocycles. The van der Waals surface area contributed by atoms with Gasteiger partial charge in [-0.25, -0.2) is 0 Å². The summed E-state index contributed by atoms with van der Waals surface area (Å²) in [7, 11) is 1.66. The molecule has 0 saturated heterocycles. The van der Waals surface area contributed by atoms with Crippen molar-refractivity contribution in [1.82, 2.24) is 10.6 Å². The van der Waals surface area contributed by atoms with E-state index in [1.54, 1.807) is 7.11 Å². The minimum Gasteiger partial charge on any atom is -0.383 e. The fraction of sp³-hybridized carbons (Fsp3) is 0.533. The Hall–Kier alpha value is -1.39. The normalized spacial score (nSPS) is 19.6. The molecule has 1 amide bonds. The van der Waals surface area contributed by atoms with Crippen molar-refractivity contribution in [2.24, 2.45) is 0 Å². The van der Waals surface area contributed by atoms with Gasteiger partial charge in [0.1, 0.15) is 0 Å². The van der Waals surface area contributed by atoms with E-state index in [1.807, 2.05) is 19.1 Å². The molecule has 2 rings (SSSR count). The van der Waals surface area contributed by atoms with Crippen molar-refractivity contribution in [3.8, 4) is 0 Å². The highest BCUT2D eigenvalue weighted by Gasteiger charge is 2.25. The smallest absolute Gasteiger partial charge is 0.237 e. The molecule has 0 spiro atoms. The molecule has 2 N–H and O–H groups in total. The van der Waals surface area contributed by atoms with Crippen LogP contribution in [0.15, 0.2) is 24.3 Å². The Balaban J connectivity index is 1.95. The highest BCUT2D eigenvalue weighted by Crippen LogP contribution is 2.16. The first-order valence-electron chi connectivity index (χ1n) is 6.84. The van der Waals surface area contributed by atoms with Crippen LogP contribution in [-0.4, -0.2) is 31.7 Å². The Morgan fingerprint density at radius 1 is 1.47 bits per heavy atom. The molecule has 0 aromatic heterocycles. The fourth-order valence-electron chi connectivity index (χ4n) is 2.40. The summed E-state index contributed by atoms with van der Waals surface area (Å²) in [6.45, 7) is 3.37. The van der Waals surface area contributed by atoms with E-state index in [-0.39, 0.29) is 18.0 Å². The molecule has 0 aliphatic carbocycles. The Kier molecular flexibility index (Phi) is 4.93. The van der Waals surface area contributed by atoms with Crippen molar-refractivity contribution in [3.63, 3.8) is 0 Å². The summed E-state index contributed by atoms with van der Waals surface area (Å²) in [6.07, 6.45) is 1.63. The molecule has 1 aliphatic rings. The SMILES string of the molecule is CCC(COC)NC(=O)[C@H]1Cc2ccccc2CN1. The molecule has 4 nitrogen and oxygen atoms in total. The van der Waals surface area contributed by atoms with Crippen LogP contribution in [-0.2, 0) is 22.5 Å². The highest BCUT2D eigenvalue weighted by molar-refractivity contribution is 5.82. The Morgan fingerprint density at radius 3 is 2.89 bits per heavy atom. The number of carbonyl (C=O) groups excluding carboxylic acids is 1. The van der Waals surface area contributed by atoms with Gasteiger partial charge in [-0.15, -0.1) is 0 Å². The molecule has 0 radical (unpaired) electrons. The molecule has 0 saturated carbocycles. The predicted molar refractivity (Wildman–Crippen MR) is 74.9 cm³/mol. The second kappa shape index (κ2) is 6.68. The first kappa shape index (κ1) is 14.0. The molecule has 0 bridgehead atoms. The van der Waals surface area contributed by atoms with E-state index < -0.39 is 0 Å². The van der Waals surface area contributed by atoms with Crippen LogP contribution in [0.4, 0.5) is 0 Å². The summed E-state index contributed by atoms with van der Waals surface area (Å²) >= 11 is 0. The van der Waals surface area contributed by atoms with Crippen LogP contribution in [0.25, 0.3) is 0 Å². The molecule has 1 aromatic carbocycles. The van der Waals surface area contributed by atoms with Crippen molar-refractivity contribution < 1.29 is 9.53 Å². The topological polar surface area (TPSA) is 50.4 Å². The van der Waals surface area contributed by atoms with Crippen LogP contribution in [0.2, 0.25) is 0 Å². The maximum atomic E-state index is 12.2. The molecule has 104 valence electrons. The number of carbonyl (C=O) groups is 1. The number of rotatable bonds is 5. The molecule has 1 aromatic rings. The van der Waals surface area contributed by atoms with E-state index >= 15 is 0 Å². The van der Waals surface area contributed by atoms with Crippen LogP contribution < -0.4 is 10.6 Å². The summed E-state index contributed by atoms with van der Waals surface area (Å²) in [4.78, 5) is 12.2. The number of benzene rings is 1. The number of amides is 1. The molecule has 1 heterocycles. The number of nitrogens with one attached hydrogen (secondary N) is 2. The summed E-state index contributed by atoms with van der Waals surface area (Å²) in [5.74, 6) is 0.0680. The lowest BCUT2D eigenvalue weighted by Crippen LogP contribution is -2.51. The molecule has 4 heteroatoms. The first-order chi connectivity index (χ1) is 9.24. The third kappa shape index (κ3) is 3.55. The van der Waals surface area contributed by atoms with Crippen LogP contribution in [0.5, 0.6) is 0 Å². The number of fused-ring (bicyclic) bond motifs is 1. The van der Waals surface area contributed by atoms with Gasteiger partial charge >= 0.3 is 0 Å². The largest absolute Gasteiger partial charge is 0.383 e. The van der Waals surface area contributed by atoms with E-state index in [9.17, 15) is 4.79 Å². The van der Waals surface area contributed by atoms with E-state index in [4.69, 9.17) is 4.74 Å². The van der Waals surface area contributed by atoms with Gasteiger partial charge < -0.3 is 15.4 Å². The first-order valence-corrected chi connectivity index (χ1v) is 6.84. The maximum Gasteiger partial charge on any atom is 0.237 e. The van der Waals surface area contributed by atoms with Gasteiger partial charge in [-0.05, 0) is 24.0 Å². The van der Waals surface area contributed by atoms with Crippen LogP contribution in [0.3, 0.4) is 0 Å². The van der Waals surface area contributed by atoms with Crippen LogP contribution >= 0.6 is 0 Å². The van der Waals surface area contributed by atoms with Crippen molar-refractivity contribution >= 4 is 5.91 Å². The molecule has 2 atom stereocenters. The van der Waals surface area contributed by atoms with Gasteiger partial charge in [-0.2, -0.15) is 0 Å². The Labute approximate surface area is 114 Å². The lowest BCUT2D eigenvalue weighted by Gasteiger charge is -2.27. The number of ether oxygens (including phenoxy) is 1. The van der Waals surface area contributed by atoms with Gasteiger partial charge in [-0.3, -0.25) is 4.79 Å². The summed E-state index contributed by atoms with van der Waals surface area (Å²) in [5.41, 5.74) is 2.55. The average Bonchev–Trinajstić information content (AvgIpc) is 2.46. The lowest BCUT2D eigenvalue weighted by atomic mass is 9.95. The highest BCUT2D eigenvalue weighted by atomic mass is 16.5. The molecule has 0 fully saturated rings. The van der Waals surface area contributed by atoms with Gasteiger partial charge in [0.25, 0.3) is 0 Å². The standard InChI is InChI=1S/C15H22N2O2/c1-3-13(10-19-2)17-15(18)14-8-11-6-4-5-7-12(11)9-16-14/h4-7,13-14,16H,3,8-10H2,1-2H3,(H,17,18)/t13?,14-/m1/s1. The summed E-state index contributed by atoms with van der Waals surface area (Å²) < 4.78 is 5.10. The van der Waals surface area contributed by atoms with Gasteiger partial charge in [0.05, 0.1) is 18.7 Å². The van der Waals surface area contributed by atoms with Gasteiger partial charge in [0, 0.05) is 13.7 Å². The minimum atomic E-state index is -0.138. The zero-order chi connectivity index (χ0) is 13.7. The van der Waals surface area contributed by atoms with Crippen molar-refractivity contribution in [2.75, 3.05) is 13.7 Å². The molecular weight excluding hydrogens is 240 g/mol. The monoisotopic (exact) mass is 262 g/mol. The number of methoxy groups -OCH3 is 1. The Bertz CT molecular complexity index is 434. The maximum absolute atomic E-state index is 12.2.